The number of carbonyl (C=O) groups is 1. The summed E-state index contributed by atoms with van der Waals surface area (Å²) in [4.78, 5) is 12.6. The summed E-state index contributed by atoms with van der Waals surface area (Å²) < 4.78 is 3.12. The number of carbonyl (C=O) groups excluding carboxylic acids is 1. The summed E-state index contributed by atoms with van der Waals surface area (Å²) in [6.45, 7) is 7.03. The minimum Gasteiger partial charge on any atom is -0.325 e. The predicted molar refractivity (Wildman–Crippen MR) is 123 cm³/mol. The van der Waals surface area contributed by atoms with Crippen LogP contribution in [0.25, 0.3) is 11.4 Å². The molecule has 0 saturated carbocycles. The van der Waals surface area contributed by atoms with Crippen LogP contribution >= 0.6 is 27.7 Å². The highest BCUT2D eigenvalue weighted by Crippen LogP contribution is 2.28. The number of aromatic nitrogens is 3. The van der Waals surface area contributed by atoms with Gasteiger partial charge in [-0.05, 0) is 43.0 Å². The van der Waals surface area contributed by atoms with Crippen LogP contribution in [0.4, 0.5) is 5.69 Å². The summed E-state index contributed by atoms with van der Waals surface area (Å²) in [6, 6.07) is 14.1. The molecule has 29 heavy (non-hydrogen) atoms. The van der Waals surface area contributed by atoms with E-state index in [1.54, 1.807) is 0 Å². The Morgan fingerprint density at radius 2 is 1.93 bits per heavy atom. The van der Waals surface area contributed by atoms with E-state index in [4.69, 9.17) is 0 Å². The number of rotatable bonds is 8. The van der Waals surface area contributed by atoms with Crippen LogP contribution in [0, 0.1) is 6.92 Å². The molecule has 1 aromatic heterocycles. The van der Waals surface area contributed by atoms with Gasteiger partial charge in [0.2, 0.25) is 5.91 Å². The molecule has 3 rings (SSSR count). The van der Waals surface area contributed by atoms with E-state index in [0.29, 0.717) is 0 Å². The molecule has 1 N–H and O–H groups in total. The highest BCUT2D eigenvalue weighted by molar-refractivity contribution is 9.10. The van der Waals surface area contributed by atoms with Crippen molar-refractivity contribution in [1.82, 2.24) is 14.8 Å². The number of benzene rings is 2. The zero-order valence-corrected chi connectivity index (χ0v) is 19.3. The number of thioether (sulfide) groups is 1. The summed E-state index contributed by atoms with van der Waals surface area (Å²) in [5, 5.41) is 12.6. The van der Waals surface area contributed by atoms with Gasteiger partial charge in [0.25, 0.3) is 0 Å². The molecule has 1 heterocycles. The molecule has 0 aliphatic rings. The van der Waals surface area contributed by atoms with Crippen LogP contribution in [-0.2, 0) is 17.8 Å². The second kappa shape index (κ2) is 10.1. The maximum atomic E-state index is 12.6. The van der Waals surface area contributed by atoms with Gasteiger partial charge in [-0.25, -0.2) is 0 Å². The smallest absolute Gasteiger partial charge is 0.234 e. The van der Waals surface area contributed by atoms with Crippen LogP contribution in [0.2, 0.25) is 0 Å². The number of halogens is 1. The Hall–Kier alpha value is -2.12. The molecule has 7 heteroatoms. The molecule has 152 valence electrons. The number of aryl methyl sites for hydroxylation is 2. The van der Waals surface area contributed by atoms with Gasteiger partial charge in [0.15, 0.2) is 11.0 Å². The third-order valence-corrected chi connectivity index (χ3v) is 5.98. The largest absolute Gasteiger partial charge is 0.325 e. The summed E-state index contributed by atoms with van der Waals surface area (Å²) >= 11 is 4.95. The average Bonchev–Trinajstić information content (AvgIpc) is 3.12. The number of hydrogen-bond donors (Lipinski definition) is 1. The molecule has 1 amide bonds. The highest BCUT2D eigenvalue weighted by atomic mass is 79.9. The monoisotopic (exact) mass is 472 g/mol. The van der Waals surface area contributed by atoms with E-state index in [1.807, 2.05) is 43.3 Å². The van der Waals surface area contributed by atoms with Crippen molar-refractivity contribution in [2.45, 2.75) is 45.3 Å². The fourth-order valence-electron chi connectivity index (χ4n) is 3.20. The summed E-state index contributed by atoms with van der Waals surface area (Å²) in [6.07, 6.45) is 1.82. The lowest BCUT2D eigenvalue weighted by Gasteiger charge is -2.14. The third-order valence-electron chi connectivity index (χ3n) is 4.56. The number of anilines is 1. The highest BCUT2D eigenvalue weighted by Gasteiger charge is 2.16. The average molecular weight is 473 g/mol. The van der Waals surface area contributed by atoms with E-state index < -0.39 is 0 Å². The summed E-state index contributed by atoms with van der Waals surface area (Å²) in [5.41, 5.74) is 4.11. The van der Waals surface area contributed by atoms with Gasteiger partial charge in [-0.1, -0.05) is 71.9 Å². The maximum absolute atomic E-state index is 12.6. The van der Waals surface area contributed by atoms with E-state index in [9.17, 15) is 4.79 Å². The van der Waals surface area contributed by atoms with Crippen molar-refractivity contribution >= 4 is 39.3 Å². The second-order valence-corrected chi connectivity index (χ2v) is 8.63. The first-order valence-corrected chi connectivity index (χ1v) is 11.5. The lowest BCUT2D eigenvalue weighted by atomic mass is 10.1. The fraction of sp³-hybridized carbons (Fsp3) is 0.318. The Bertz CT molecular complexity index is 988. The van der Waals surface area contributed by atoms with Crippen molar-refractivity contribution in [1.29, 1.82) is 0 Å². The second-order valence-electron chi connectivity index (χ2n) is 6.77. The van der Waals surface area contributed by atoms with Crippen molar-refractivity contribution in [3.05, 3.63) is 58.1 Å². The fourth-order valence-corrected chi connectivity index (χ4v) is 4.58. The Morgan fingerprint density at radius 3 is 2.62 bits per heavy atom. The predicted octanol–water partition coefficient (Wildman–Crippen LogP) is 5.72. The number of nitrogens with one attached hydrogen (secondary N) is 1. The van der Waals surface area contributed by atoms with Gasteiger partial charge in [0.05, 0.1) is 5.75 Å². The van der Waals surface area contributed by atoms with Crippen molar-refractivity contribution in [3.8, 4) is 11.4 Å². The minimum atomic E-state index is -0.0394. The molecule has 0 radical (unpaired) electrons. The maximum Gasteiger partial charge on any atom is 0.234 e. The Labute approximate surface area is 184 Å². The number of nitrogens with zero attached hydrogens (tertiary/aromatic N) is 3. The molecule has 0 atom stereocenters. The van der Waals surface area contributed by atoms with Crippen molar-refractivity contribution in [2.24, 2.45) is 0 Å². The Balaban J connectivity index is 1.73. The third kappa shape index (κ3) is 5.28. The molecular formula is C22H25BrN4OS. The van der Waals surface area contributed by atoms with E-state index in [-0.39, 0.29) is 11.7 Å². The van der Waals surface area contributed by atoms with Crippen LogP contribution in [0.3, 0.4) is 0 Å². The van der Waals surface area contributed by atoms with Crippen LogP contribution in [0.15, 0.2) is 52.1 Å². The van der Waals surface area contributed by atoms with Crippen molar-refractivity contribution in [3.63, 3.8) is 0 Å². The molecule has 2 aromatic carbocycles. The molecule has 0 unspecified atom stereocenters. The van der Waals surface area contributed by atoms with E-state index in [1.165, 1.54) is 11.8 Å². The van der Waals surface area contributed by atoms with Crippen LogP contribution in [-0.4, -0.2) is 26.4 Å². The zero-order valence-electron chi connectivity index (χ0n) is 16.9. The lowest BCUT2D eigenvalue weighted by Crippen LogP contribution is -2.17. The summed E-state index contributed by atoms with van der Waals surface area (Å²) in [7, 11) is 0. The lowest BCUT2D eigenvalue weighted by molar-refractivity contribution is -0.113. The molecule has 0 aliphatic carbocycles. The SMILES string of the molecule is CCCn1c(SCC(=O)Nc2c(C)cc(Br)cc2CC)nnc1-c1ccccc1. The molecule has 0 saturated heterocycles. The summed E-state index contributed by atoms with van der Waals surface area (Å²) in [5.74, 6) is 1.09. The quantitative estimate of drug-likeness (QED) is 0.425. The van der Waals surface area contributed by atoms with Gasteiger partial charge in [-0.15, -0.1) is 10.2 Å². The molecule has 0 spiro atoms. The topological polar surface area (TPSA) is 59.8 Å². The van der Waals surface area contributed by atoms with Gasteiger partial charge in [-0.2, -0.15) is 0 Å². The molecule has 0 bridgehead atoms. The number of amides is 1. The molecule has 0 aliphatic heterocycles. The first-order valence-electron chi connectivity index (χ1n) is 9.73. The van der Waals surface area contributed by atoms with Crippen molar-refractivity contribution < 1.29 is 4.79 Å². The molecular weight excluding hydrogens is 448 g/mol. The minimum absolute atomic E-state index is 0.0394. The Kier molecular flexibility index (Phi) is 7.50. The molecule has 0 fully saturated rings. The van der Waals surface area contributed by atoms with Crippen molar-refractivity contribution in [2.75, 3.05) is 11.1 Å². The van der Waals surface area contributed by atoms with E-state index in [0.717, 1.165) is 57.2 Å². The van der Waals surface area contributed by atoms with Crippen LogP contribution in [0.5, 0.6) is 0 Å². The number of hydrogen-bond acceptors (Lipinski definition) is 4. The Morgan fingerprint density at radius 1 is 1.17 bits per heavy atom. The van der Waals surface area contributed by atoms with Gasteiger partial charge in [0.1, 0.15) is 0 Å². The van der Waals surface area contributed by atoms with Crippen LogP contribution in [0.1, 0.15) is 31.4 Å². The standard InChI is InChI=1S/C22H25BrN4OS/c1-4-11-27-21(17-9-7-6-8-10-17)25-26-22(27)29-14-19(28)24-20-15(3)12-18(23)13-16(20)5-2/h6-10,12-13H,4-5,11,14H2,1-3H3,(H,24,28). The normalized spacial score (nSPS) is 10.9. The van der Waals surface area contributed by atoms with Crippen LogP contribution < -0.4 is 5.32 Å². The van der Waals surface area contributed by atoms with Gasteiger partial charge < -0.3 is 9.88 Å². The van der Waals surface area contributed by atoms with E-state index >= 15 is 0 Å². The molecule has 5 nitrogen and oxygen atoms in total. The van der Waals surface area contributed by atoms with Gasteiger partial charge in [0, 0.05) is 22.3 Å². The zero-order chi connectivity index (χ0) is 20.8. The van der Waals surface area contributed by atoms with Gasteiger partial charge in [-0.3, -0.25) is 4.79 Å². The van der Waals surface area contributed by atoms with E-state index in [2.05, 4.69) is 55.9 Å². The first kappa shape index (κ1) is 21.6. The first-order chi connectivity index (χ1) is 14.0. The van der Waals surface area contributed by atoms with Gasteiger partial charge >= 0.3 is 0 Å². The molecule has 3 aromatic rings.